The number of nitrogens with one attached hydrogen (secondary N) is 1. The van der Waals surface area contributed by atoms with E-state index in [9.17, 15) is 22.4 Å². The first-order valence-corrected chi connectivity index (χ1v) is 12.4. The fourth-order valence-corrected chi connectivity index (χ4v) is 4.34. The van der Waals surface area contributed by atoms with Crippen LogP contribution in [-0.2, 0) is 26.3 Å². The number of carbonyl (C=O) groups excluding carboxylic acids is 2. The second kappa shape index (κ2) is 11.6. The lowest BCUT2D eigenvalue weighted by molar-refractivity contribution is -0.139. The fourth-order valence-electron chi connectivity index (χ4n) is 3.02. The minimum atomic E-state index is -4.08. The van der Waals surface area contributed by atoms with Gasteiger partial charge in [0.15, 0.2) is 0 Å². The van der Waals surface area contributed by atoms with Crippen molar-refractivity contribution in [3.8, 4) is 0 Å². The molecule has 2 amide bonds. The van der Waals surface area contributed by atoms with Crippen molar-refractivity contribution in [1.82, 2.24) is 14.5 Å². The summed E-state index contributed by atoms with van der Waals surface area (Å²) >= 11 is 3.36. The molecule has 1 atom stereocenters. The SMILES string of the molecule is CCNC(=O)[C@H](C)N(Cc1ccc(Br)cc1)C(=O)CN(c1ccc(F)cc1)S(=O)(=O)N(C)C. The van der Waals surface area contributed by atoms with Gasteiger partial charge in [-0.05, 0) is 55.8 Å². The summed E-state index contributed by atoms with van der Waals surface area (Å²) in [6.45, 7) is 3.28. The first-order valence-electron chi connectivity index (χ1n) is 10.2. The number of anilines is 1. The maximum Gasteiger partial charge on any atom is 0.304 e. The van der Waals surface area contributed by atoms with Gasteiger partial charge in [-0.15, -0.1) is 0 Å². The Kier molecular flexibility index (Phi) is 9.38. The molecule has 0 bridgehead atoms. The second-order valence-electron chi connectivity index (χ2n) is 7.49. The molecule has 8 nitrogen and oxygen atoms in total. The van der Waals surface area contributed by atoms with Crippen LogP contribution in [0.4, 0.5) is 10.1 Å². The van der Waals surface area contributed by atoms with Crippen LogP contribution < -0.4 is 9.62 Å². The molecule has 33 heavy (non-hydrogen) atoms. The van der Waals surface area contributed by atoms with Crippen molar-refractivity contribution in [2.24, 2.45) is 0 Å². The Bertz CT molecular complexity index is 1060. The van der Waals surface area contributed by atoms with E-state index in [1.165, 1.54) is 31.1 Å². The average molecular weight is 543 g/mol. The summed E-state index contributed by atoms with van der Waals surface area (Å²) in [5, 5.41) is 2.69. The molecular weight excluding hydrogens is 515 g/mol. The van der Waals surface area contributed by atoms with Gasteiger partial charge in [-0.2, -0.15) is 12.7 Å². The highest BCUT2D eigenvalue weighted by atomic mass is 79.9. The lowest BCUT2D eigenvalue weighted by Crippen LogP contribution is -2.52. The van der Waals surface area contributed by atoms with E-state index in [1.807, 2.05) is 24.3 Å². The van der Waals surface area contributed by atoms with Crippen molar-refractivity contribution in [2.45, 2.75) is 26.4 Å². The summed E-state index contributed by atoms with van der Waals surface area (Å²) in [5.74, 6) is -1.47. The normalized spacial score (nSPS) is 12.3. The maximum absolute atomic E-state index is 13.4. The summed E-state index contributed by atoms with van der Waals surface area (Å²) < 4.78 is 42.1. The molecule has 2 rings (SSSR count). The van der Waals surface area contributed by atoms with E-state index in [4.69, 9.17) is 0 Å². The minimum absolute atomic E-state index is 0.101. The molecule has 0 radical (unpaired) electrons. The van der Waals surface area contributed by atoms with Gasteiger partial charge in [0.25, 0.3) is 0 Å². The third-order valence-corrected chi connectivity index (χ3v) is 7.27. The van der Waals surface area contributed by atoms with E-state index in [0.29, 0.717) is 6.54 Å². The van der Waals surface area contributed by atoms with E-state index < -0.39 is 34.5 Å². The van der Waals surface area contributed by atoms with Gasteiger partial charge in [-0.25, -0.2) is 8.70 Å². The zero-order valence-corrected chi connectivity index (χ0v) is 21.4. The zero-order chi connectivity index (χ0) is 24.8. The smallest absolute Gasteiger partial charge is 0.304 e. The molecule has 0 saturated carbocycles. The van der Waals surface area contributed by atoms with Gasteiger partial charge in [0.1, 0.15) is 18.4 Å². The van der Waals surface area contributed by atoms with Crippen molar-refractivity contribution in [3.63, 3.8) is 0 Å². The van der Waals surface area contributed by atoms with Crippen LogP contribution in [0.5, 0.6) is 0 Å². The summed E-state index contributed by atoms with van der Waals surface area (Å²) in [4.78, 5) is 27.3. The van der Waals surface area contributed by atoms with Crippen LogP contribution >= 0.6 is 15.9 Å². The molecular formula is C22H28BrFN4O4S. The minimum Gasteiger partial charge on any atom is -0.355 e. The van der Waals surface area contributed by atoms with E-state index in [0.717, 1.165) is 30.8 Å². The number of benzene rings is 2. The summed E-state index contributed by atoms with van der Waals surface area (Å²) in [6.07, 6.45) is 0. The van der Waals surface area contributed by atoms with Crippen molar-refractivity contribution in [2.75, 3.05) is 31.5 Å². The van der Waals surface area contributed by atoms with Gasteiger partial charge in [0.2, 0.25) is 11.8 Å². The van der Waals surface area contributed by atoms with Crippen LogP contribution in [0, 0.1) is 5.82 Å². The lowest BCUT2D eigenvalue weighted by atomic mass is 10.1. The molecule has 180 valence electrons. The number of carbonyl (C=O) groups is 2. The van der Waals surface area contributed by atoms with Gasteiger partial charge in [-0.3, -0.25) is 9.59 Å². The van der Waals surface area contributed by atoms with Crippen molar-refractivity contribution < 1.29 is 22.4 Å². The number of likely N-dealkylation sites (N-methyl/N-ethyl adjacent to an activating group) is 1. The van der Waals surface area contributed by atoms with Crippen LogP contribution in [0.1, 0.15) is 19.4 Å². The highest BCUT2D eigenvalue weighted by Gasteiger charge is 2.32. The van der Waals surface area contributed by atoms with Gasteiger partial charge in [0.05, 0.1) is 5.69 Å². The Morgan fingerprint density at radius 2 is 1.64 bits per heavy atom. The zero-order valence-electron chi connectivity index (χ0n) is 19.0. The predicted octanol–water partition coefficient (Wildman–Crippen LogP) is 2.75. The van der Waals surface area contributed by atoms with Gasteiger partial charge >= 0.3 is 10.2 Å². The van der Waals surface area contributed by atoms with Crippen molar-refractivity contribution in [3.05, 3.63) is 64.4 Å². The van der Waals surface area contributed by atoms with Crippen molar-refractivity contribution >= 4 is 43.6 Å². The number of halogens is 2. The summed E-state index contributed by atoms with van der Waals surface area (Å²) in [7, 11) is -1.40. The molecule has 0 saturated heterocycles. The second-order valence-corrected chi connectivity index (χ2v) is 10.5. The topological polar surface area (TPSA) is 90.0 Å². The first kappa shape index (κ1) is 26.7. The Labute approximate surface area is 202 Å². The molecule has 0 unspecified atom stereocenters. The monoisotopic (exact) mass is 542 g/mol. The Hall–Kier alpha value is -2.50. The van der Waals surface area contributed by atoms with Crippen LogP contribution in [-0.4, -0.2) is 62.7 Å². The maximum atomic E-state index is 13.4. The highest BCUT2D eigenvalue weighted by molar-refractivity contribution is 9.10. The molecule has 2 aromatic carbocycles. The van der Waals surface area contributed by atoms with Gasteiger partial charge in [-0.1, -0.05) is 28.1 Å². The Balaban J connectivity index is 2.43. The third kappa shape index (κ3) is 6.99. The van der Waals surface area contributed by atoms with E-state index in [-0.39, 0.29) is 18.1 Å². The predicted molar refractivity (Wildman–Crippen MR) is 129 cm³/mol. The van der Waals surface area contributed by atoms with Crippen molar-refractivity contribution in [1.29, 1.82) is 0 Å². The van der Waals surface area contributed by atoms with Gasteiger partial charge < -0.3 is 10.2 Å². The van der Waals surface area contributed by atoms with Crippen LogP contribution in [0.3, 0.4) is 0 Å². The molecule has 11 heteroatoms. The Morgan fingerprint density at radius 1 is 1.06 bits per heavy atom. The average Bonchev–Trinajstić information content (AvgIpc) is 2.77. The van der Waals surface area contributed by atoms with E-state index in [2.05, 4.69) is 21.2 Å². The van der Waals surface area contributed by atoms with Crippen LogP contribution in [0.15, 0.2) is 53.0 Å². The number of hydrogen-bond donors (Lipinski definition) is 1. The molecule has 0 spiro atoms. The molecule has 0 aliphatic heterocycles. The quantitative estimate of drug-likeness (QED) is 0.499. The molecule has 2 aromatic rings. The summed E-state index contributed by atoms with van der Waals surface area (Å²) in [6, 6.07) is 11.2. The van der Waals surface area contributed by atoms with Crippen LogP contribution in [0.2, 0.25) is 0 Å². The van der Waals surface area contributed by atoms with E-state index in [1.54, 1.807) is 13.8 Å². The Morgan fingerprint density at radius 3 is 2.15 bits per heavy atom. The molecule has 0 aliphatic rings. The molecule has 0 aliphatic carbocycles. The van der Waals surface area contributed by atoms with E-state index >= 15 is 0 Å². The standard InChI is InChI=1S/C22H28BrFN4O4S/c1-5-25-22(30)16(2)27(14-17-6-8-18(23)9-7-17)21(29)15-28(33(31,32)26(3)4)20-12-10-19(24)11-13-20/h6-13,16H,5,14-15H2,1-4H3,(H,25,30)/t16-/m0/s1. The molecule has 0 heterocycles. The molecule has 1 N–H and O–H groups in total. The summed E-state index contributed by atoms with van der Waals surface area (Å²) in [5.41, 5.74) is 0.902. The fraction of sp³-hybridized carbons (Fsp3) is 0.364. The number of amides is 2. The largest absolute Gasteiger partial charge is 0.355 e. The third-order valence-electron chi connectivity index (χ3n) is 4.92. The molecule has 0 fully saturated rings. The lowest BCUT2D eigenvalue weighted by Gasteiger charge is -2.32. The highest BCUT2D eigenvalue weighted by Crippen LogP contribution is 2.21. The number of rotatable bonds is 10. The first-order chi connectivity index (χ1) is 15.5. The van der Waals surface area contributed by atoms with Gasteiger partial charge in [0, 0.05) is 31.7 Å². The number of nitrogens with zero attached hydrogens (tertiary/aromatic N) is 3. The number of hydrogen-bond acceptors (Lipinski definition) is 4. The van der Waals surface area contributed by atoms with Crippen LogP contribution in [0.25, 0.3) is 0 Å². The molecule has 0 aromatic heterocycles.